The maximum atomic E-state index is 11.0. The van der Waals surface area contributed by atoms with Gasteiger partial charge >= 0.3 is 35.5 Å². The van der Waals surface area contributed by atoms with Crippen LogP contribution < -0.4 is 29.6 Å². The van der Waals surface area contributed by atoms with Crippen molar-refractivity contribution < 1.29 is 57.5 Å². The SMILES string of the molecule is O=C(O)c1cc(N=Nc2ccc(N=Nc3ccc(S(=O)(=O)O)cc3)cc2)ccc1O.[Na+]. The number of aromatic carboxylic acids is 1. The summed E-state index contributed by atoms with van der Waals surface area (Å²) in [6, 6.07) is 15.6. The summed E-state index contributed by atoms with van der Waals surface area (Å²) in [5.74, 6) is -1.63. The van der Waals surface area contributed by atoms with E-state index in [0.717, 1.165) is 0 Å². The van der Waals surface area contributed by atoms with Crippen LogP contribution in [-0.2, 0) is 10.1 Å². The van der Waals surface area contributed by atoms with Gasteiger partial charge in [0, 0.05) is 0 Å². The molecule has 0 aliphatic heterocycles. The van der Waals surface area contributed by atoms with Crippen LogP contribution in [0.25, 0.3) is 0 Å². The van der Waals surface area contributed by atoms with Crippen molar-refractivity contribution in [3.63, 3.8) is 0 Å². The van der Waals surface area contributed by atoms with Crippen molar-refractivity contribution in [2.75, 3.05) is 0 Å². The van der Waals surface area contributed by atoms with Crippen LogP contribution in [0.3, 0.4) is 0 Å². The maximum Gasteiger partial charge on any atom is 1.00 e. The number of nitrogens with zero attached hydrogens (tertiary/aromatic N) is 4. The molecule has 10 nitrogen and oxygen atoms in total. The molecule has 31 heavy (non-hydrogen) atoms. The van der Waals surface area contributed by atoms with Crippen LogP contribution in [0.15, 0.2) is 92.1 Å². The second kappa shape index (κ2) is 10.4. The van der Waals surface area contributed by atoms with Crippen LogP contribution in [0.2, 0.25) is 0 Å². The molecule has 0 fully saturated rings. The van der Waals surface area contributed by atoms with Crippen molar-refractivity contribution in [1.82, 2.24) is 0 Å². The van der Waals surface area contributed by atoms with Gasteiger partial charge in [0.15, 0.2) is 0 Å². The van der Waals surface area contributed by atoms with Crippen molar-refractivity contribution in [3.05, 3.63) is 72.3 Å². The Balaban J connectivity index is 0.00000341. The van der Waals surface area contributed by atoms with E-state index >= 15 is 0 Å². The van der Waals surface area contributed by atoms with E-state index < -0.39 is 16.1 Å². The molecule has 0 aromatic heterocycles. The predicted molar refractivity (Wildman–Crippen MR) is 106 cm³/mol. The maximum absolute atomic E-state index is 11.0. The third-order valence-corrected chi connectivity index (χ3v) is 4.62. The summed E-state index contributed by atoms with van der Waals surface area (Å²) >= 11 is 0. The van der Waals surface area contributed by atoms with Gasteiger partial charge in [0.2, 0.25) is 0 Å². The molecule has 0 atom stereocenters. The zero-order valence-corrected chi connectivity index (χ0v) is 18.9. The molecule has 0 bridgehead atoms. The van der Waals surface area contributed by atoms with Crippen LogP contribution in [0.1, 0.15) is 10.4 Å². The molecule has 0 aliphatic carbocycles. The number of carboxylic acids is 1. The average Bonchev–Trinajstić information content (AvgIpc) is 2.72. The number of carbonyl (C=O) groups is 1. The van der Waals surface area contributed by atoms with E-state index in [1.807, 2.05) is 0 Å². The molecule has 3 aromatic rings. The smallest absolute Gasteiger partial charge is 0.507 e. The largest absolute Gasteiger partial charge is 1.00 e. The van der Waals surface area contributed by atoms with Gasteiger partial charge in [-0.2, -0.15) is 28.9 Å². The van der Waals surface area contributed by atoms with E-state index in [1.165, 1.54) is 42.5 Å². The number of carboxylic acid groups (broad SMARTS) is 1. The Morgan fingerprint density at radius 1 is 0.710 bits per heavy atom. The Morgan fingerprint density at radius 2 is 1.10 bits per heavy atom. The van der Waals surface area contributed by atoms with Crippen LogP contribution in [0.5, 0.6) is 5.75 Å². The van der Waals surface area contributed by atoms with Crippen molar-refractivity contribution in [1.29, 1.82) is 0 Å². The number of aromatic hydroxyl groups is 1. The molecule has 0 saturated carbocycles. The fourth-order valence-corrected chi connectivity index (χ4v) is 2.74. The quantitative estimate of drug-likeness (QED) is 0.297. The van der Waals surface area contributed by atoms with E-state index in [9.17, 15) is 18.3 Å². The van der Waals surface area contributed by atoms with E-state index in [4.69, 9.17) is 9.66 Å². The summed E-state index contributed by atoms with van der Waals surface area (Å²) < 4.78 is 31.0. The van der Waals surface area contributed by atoms with Gasteiger partial charge in [0.1, 0.15) is 11.3 Å². The van der Waals surface area contributed by atoms with Crippen LogP contribution in [0.4, 0.5) is 22.7 Å². The normalized spacial score (nSPS) is 11.5. The number of hydrogen-bond acceptors (Lipinski definition) is 8. The van der Waals surface area contributed by atoms with E-state index in [-0.39, 0.29) is 51.5 Å². The zero-order chi connectivity index (χ0) is 21.7. The number of benzene rings is 3. The van der Waals surface area contributed by atoms with Gasteiger partial charge in [0.25, 0.3) is 10.1 Å². The van der Waals surface area contributed by atoms with Gasteiger partial charge < -0.3 is 10.2 Å². The van der Waals surface area contributed by atoms with Gasteiger partial charge in [-0.3, -0.25) is 4.55 Å². The van der Waals surface area contributed by atoms with Gasteiger partial charge in [-0.15, -0.1) is 0 Å². The molecule has 12 heteroatoms. The van der Waals surface area contributed by atoms with E-state index in [0.29, 0.717) is 17.1 Å². The third-order valence-electron chi connectivity index (χ3n) is 3.76. The summed E-state index contributed by atoms with van der Waals surface area (Å²) in [4.78, 5) is 10.8. The average molecular weight is 449 g/mol. The molecule has 0 unspecified atom stereocenters. The molecule has 0 heterocycles. The Labute approximate surface area is 199 Å². The molecular weight excluding hydrogens is 435 g/mol. The van der Waals surface area contributed by atoms with Gasteiger partial charge in [-0.25, -0.2) is 4.79 Å². The van der Waals surface area contributed by atoms with Crippen molar-refractivity contribution in [2.24, 2.45) is 20.5 Å². The number of hydrogen-bond donors (Lipinski definition) is 3. The summed E-state index contributed by atoms with van der Waals surface area (Å²) in [5, 5.41) is 34.4. The standard InChI is InChI=1S/C19H14N4O6S.Na/c24-18-10-7-15(11-17(18)19(25)26)23-22-13-3-1-12(2-4-13)20-21-14-5-8-16(9-6-14)30(27,28)29;/h1-11,24H,(H,25,26)(H,27,28,29);/q;+1. The minimum atomic E-state index is -4.26. The van der Waals surface area contributed by atoms with Crippen molar-refractivity contribution in [3.8, 4) is 5.75 Å². The Hall–Kier alpha value is -2.96. The molecule has 0 spiro atoms. The summed E-state index contributed by atoms with van der Waals surface area (Å²) in [6.07, 6.45) is 0. The molecule has 0 saturated heterocycles. The Bertz CT molecular complexity index is 1240. The Morgan fingerprint density at radius 3 is 1.52 bits per heavy atom. The predicted octanol–water partition coefficient (Wildman–Crippen LogP) is 2.17. The van der Waals surface area contributed by atoms with Gasteiger partial charge in [-0.05, 0) is 66.7 Å². The molecule has 3 N–H and O–H groups in total. The Kier molecular flexibility index (Phi) is 8.14. The number of rotatable bonds is 6. The number of azo groups is 2. The van der Waals surface area contributed by atoms with Crippen LogP contribution >= 0.6 is 0 Å². The molecular formula is C19H14N4NaO6S+. The van der Waals surface area contributed by atoms with Crippen molar-refractivity contribution in [2.45, 2.75) is 4.90 Å². The molecule has 0 aliphatic rings. The zero-order valence-electron chi connectivity index (χ0n) is 16.1. The first-order chi connectivity index (χ1) is 14.2. The minimum Gasteiger partial charge on any atom is -0.507 e. The van der Waals surface area contributed by atoms with E-state index in [2.05, 4.69) is 20.5 Å². The molecule has 3 rings (SSSR count). The first kappa shape index (κ1) is 24.3. The molecule has 0 radical (unpaired) electrons. The third kappa shape index (κ3) is 6.77. The molecule has 152 valence electrons. The minimum absolute atomic E-state index is 0. The second-order valence-electron chi connectivity index (χ2n) is 5.89. The van der Waals surface area contributed by atoms with Crippen molar-refractivity contribution >= 4 is 38.8 Å². The summed E-state index contributed by atoms with van der Waals surface area (Å²) in [7, 11) is -4.26. The summed E-state index contributed by atoms with van der Waals surface area (Å²) in [6.45, 7) is 0. The molecule has 0 amide bonds. The van der Waals surface area contributed by atoms with Gasteiger partial charge in [-0.1, -0.05) is 0 Å². The van der Waals surface area contributed by atoms with Gasteiger partial charge in [0.05, 0.1) is 27.6 Å². The fraction of sp³-hybridized carbons (Fsp3) is 0. The molecule has 3 aromatic carbocycles. The second-order valence-corrected chi connectivity index (χ2v) is 7.31. The van der Waals surface area contributed by atoms with E-state index in [1.54, 1.807) is 24.3 Å². The monoisotopic (exact) mass is 449 g/mol. The number of phenols is 1. The topological polar surface area (TPSA) is 161 Å². The van der Waals surface area contributed by atoms with Crippen LogP contribution in [-0.4, -0.2) is 29.2 Å². The summed E-state index contributed by atoms with van der Waals surface area (Å²) in [5.41, 5.74) is 1.38. The van der Waals surface area contributed by atoms with Crippen LogP contribution in [0, 0.1) is 0 Å². The first-order valence-corrected chi connectivity index (χ1v) is 9.74. The fourth-order valence-electron chi connectivity index (χ4n) is 2.26. The first-order valence-electron chi connectivity index (χ1n) is 8.30.